The van der Waals surface area contributed by atoms with Crippen LogP contribution in [0.25, 0.3) is 0 Å². The molecule has 5 rings (SSSR count). The van der Waals surface area contributed by atoms with E-state index in [1.54, 1.807) is 0 Å². The summed E-state index contributed by atoms with van der Waals surface area (Å²) in [6.45, 7) is 3.43. The van der Waals surface area contributed by atoms with Crippen LogP contribution in [0.1, 0.15) is 43.7 Å². The lowest BCUT2D eigenvalue weighted by molar-refractivity contribution is -0.0371. The Kier molecular flexibility index (Phi) is 4.12. The zero-order valence-electron chi connectivity index (χ0n) is 15.4. The molecule has 136 valence electrons. The molecule has 0 radical (unpaired) electrons. The molecule has 0 bridgehead atoms. The molecule has 1 spiro atoms. The van der Waals surface area contributed by atoms with Crippen molar-refractivity contribution in [2.75, 3.05) is 24.5 Å². The van der Waals surface area contributed by atoms with Gasteiger partial charge in [-0.15, -0.1) is 0 Å². The van der Waals surface area contributed by atoms with Crippen LogP contribution in [0.2, 0.25) is 0 Å². The van der Waals surface area contributed by atoms with Gasteiger partial charge in [-0.3, -0.25) is 0 Å². The third kappa shape index (κ3) is 2.99. The number of hydrogen-bond acceptors (Lipinski definition) is 3. The number of rotatable bonds is 4. The molecule has 0 amide bonds. The molecule has 2 aliphatic heterocycles. The molecule has 1 aliphatic carbocycles. The summed E-state index contributed by atoms with van der Waals surface area (Å²) in [5, 5.41) is 3.91. The maximum Gasteiger partial charge on any atom is 0.124 e. The number of nitrogens with one attached hydrogen (secondary N) is 1. The van der Waals surface area contributed by atoms with Gasteiger partial charge in [-0.05, 0) is 49.8 Å². The first kappa shape index (κ1) is 16.2. The number of nitrogens with zero attached hydrogens (tertiary/aromatic N) is 1. The summed E-state index contributed by atoms with van der Waals surface area (Å²) in [6.07, 6.45) is 6.13. The van der Waals surface area contributed by atoms with Gasteiger partial charge < -0.3 is 15.0 Å². The Bertz CT molecular complexity index is 756. The quantitative estimate of drug-likeness (QED) is 0.877. The Balaban J connectivity index is 1.24. The smallest absolute Gasteiger partial charge is 0.124 e. The summed E-state index contributed by atoms with van der Waals surface area (Å²) in [7, 11) is 0. The fraction of sp³-hybridized carbons (Fsp3) is 0.478. The molecule has 2 aromatic carbocycles. The third-order valence-electron chi connectivity index (χ3n) is 6.52. The number of hydrogen-bond donors (Lipinski definition) is 1. The van der Waals surface area contributed by atoms with Gasteiger partial charge in [0.2, 0.25) is 0 Å². The largest absolute Gasteiger partial charge is 0.487 e. The van der Waals surface area contributed by atoms with Crippen molar-refractivity contribution in [3.8, 4) is 5.75 Å². The van der Waals surface area contributed by atoms with Crippen LogP contribution in [0.5, 0.6) is 5.75 Å². The molecule has 2 fully saturated rings. The molecule has 2 heterocycles. The molecule has 2 atom stereocenters. The second-order valence-electron chi connectivity index (χ2n) is 8.28. The van der Waals surface area contributed by atoms with E-state index < -0.39 is 0 Å². The number of anilines is 1. The molecular weight excluding hydrogens is 320 g/mol. The van der Waals surface area contributed by atoms with Crippen molar-refractivity contribution in [3.05, 3.63) is 60.2 Å². The van der Waals surface area contributed by atoms with Crippen LogP contribution < -0.4 is 15.0 Å². The highest BCUT2D eigenvalue weighted by atomic mass is 16.5. The van der Waals surface area contributed by atoms with Gasteiger partial charge in [0.25, 0.3) is 0 Å². The molecule has 2 unspecified atom stereocenters. The van der Waals surface area contributed by atoms with Gasteiger partial charge in [-0.25, -0.2) is 0 Å². The lowest BCUT2D eigenvalue weighted by Crippen LogP contribution is -2.49. The van der Waals surface area contributed by atoms with E-state index >= 15 is 0 Å². The Labute approximate surface area is 156 Å². The standard InChI is InChI=1S/C23H28N2O/c1-2-7-19(8-3-1)25-14-11-18(17-25)16-24-21-15-23(12-6-13-23)26-22-10-5-4-9-20(21)22/h1-5,7-10,18,21,24H,6,11-17H2. The monoisotopic (exact) mass is 348 g/mol. The van der Waals surface area contributed by atoms with Gasteiger partial charge in [0.05, 0.1) is 0 Å². The molecule has 2 aromatic rings. The van der Waals surface area contributed by atoms with E-state index in [1.807, 2.05) is 0 Å². The predicted octanol–water partition coefficient (Wildman–Crippen LogP) is 4.55. The Morgan fingerprint density at radius 3 is 2.65 bits per heavy atom. The summed E-state index contributed by atoms with van der Waals surface area (Å²) in [6, 6.07) is 19.9. The van der Waals surface area contributed by atoms with Crippen LogP contribution in [-0.4, -0.2) is 25.2 Å². The average molecular weight is 348 g/mol. The minimum atomic E-state index is 0.109. The van der Waals surface area contributed by atoms with Gasteiger partial charge in [-0.1, -0.05) is 36.4 Å². The lowest BCUT2D eigenvalue weighted by atomic mass is 9.73. The molecule has 1 saturated heterocycles. The maximum absolute atomic E-state index is 6.38. The molecule has 3 heteroatoms. The fourth-order valence-corrected chi connectivity index (χ4v) is 4.86. The molecule has 3 nitrogen and oxygen atoms in total. The minimum Gasteiger partial charge on any atom is -0.487 e. The Morgan fingerprint density at radius 1 is 1.04 bits per heavy atom. The highest BCUT2D eigenvalue weighted by molar-refractivity contribution is 5.47. The first-order chi connectivity index (χ1) is 12.8. The zero-order chi connectivity index (χ0) is 17.4. The van der Waals surface area contributed by atoms with Crippen LogP contribution in [0, 0.1) is 5.92 Å². The maximum atomic E-state index is 6.38. The Morgan fingerprint density at radius 2 is 1.85 bits per heavy atom. The fourth-order valence-electron chi connectivity index (χ4n) is 4.86. The lowest BCUT2D eigenvalue weighted by Gasteiger charge is -2.48. The number of benzene rings is 2. The number of para-hydroxylation sites is 2. The van der Waals surface area contributed by atoms with E-state index in [0.717, 1.165) is 31.2 Å². The van der Waals surface area contributed by atoms with E-state index in [4.69, 9.17) is 4.74 Å². The van der Waals surface area contributed by atoms with Crippen molar-refractivity contribution in [1.29, 1.82) is 0 Å². The second kappa shape index (κ2) is 6.62. The molecule has 26 heavy (non-hydrogen) atoms. The second-order valence-corrected chi connectivity index (χ2v) is 8.28. The van der Waals surface area contributed by atoms with Crippen molar-refractivity contribution in [1.82, 2.24) is 5.32 Å². The van der Waals surface area contributed by atoms with E-state index in [9.17, 15) is 0 Å². The van der Waals surface area contributed by atoms with Crippen molar-refractivity contribution < 1.29 is 4.74 Å². The van der Waals surface area contributed by atoms with Crippen LogP contribution >= 0.6 is 0 Å². The van der Waals surface area contributed by atoms with Crippen LogP contribution in [0.4, 0.5) is 5.69 Å². The van der Waals surface area contributed by atoms with E-state index in [1.165, 1.54) is 43.5 Å². The highest BCUT2D eigenvalue weighted by Gasteiger charge is 2.45. The normalized spacial score (nSPS) is 26.2. The molecular formula is C23H28N2O. The van der Waals surface area contributed by atoms with E-state index in [2.05, 4.69) is 64.8 Å². The van der Waals surface area contributed by atoms with Gasteiger partial charge in [-0.2, -0.15) is 0 Å². The van der Waals surface area contributed by atoms with Crippen molar-refractivity contribution in [2.45, 2.75) is 43.7 Å². The molecule has 0 aromatic heterocycles. The summed E-state index contributed by atoms with van der Waals surface area (Å²) in [5.74, 6) is 1.83. The van der Waals surface area contributed by atoms with Gasteiger partial charge >= 0.3 is 0 Å². The first-order valence-electron chi connectivity index (χ1n) is 10.1. The molecule has 3 aliphatic rings. The number of fused-ring (bicyclic) bond motifs is 1. The van der Waals surface area contributed by atoms with Crippen molar-refractivity contribution in [2.24, 2.45) is 5.92 Å². The molecule has 1 saturated carbocycles. The van der Waals surface area contributed by atoms with E-state index in [0.29, 0.717) is 6.04 Å². The van der Waals surface area contributed by atoms with Crippen molar-refractivity contribution in [3.63, 3.8) is 0 Å². The number of ether oxygens (including phenoxy) is 1. The van der Waals surface area contributed by atoms with Crippen LogP contribution in [-0.2, 0) is 0 Å². The minimum absolute atomic E-state index is 0.109. The third-order valence-corrected chi connectivity index (χ3v) is 6.52. The SMILES string of the molecule is c1ccc(N2CCC(CNC3CC4(CCC4)Oc4ccccc43)C2)cc1. The van der Waals surface area contributed by atoms with Crippen molar-refractivity contribution >= 4 is 5.69 Å². The first-order valence-corrected chi connectivity index (χ1v) is 10.1. The summed E-state index contributed by atoms with van der Waals surface area (Å²) in [5.41, 5.74) is 2.82. The van der Waals surface area contributed by atoms with Crippen LogP contribution in [0.15, 0.2) is 54.6 Å². The van der Waals surface area contributed by atoms with Gasteiger partial charge in [0, 0.05) is 43.3 Å². The topological polar surface area (TPSA) is 24.5 Å². The molecule has 1 N–H and O–H groups in total. The zero-order valence-corrected chi connectivity index (χ0v) is 15.4. The average Bonchev–Trinajstić information content (AvgIpc) is 3.14. The predicted molar refractivity (Wildman–Crippen MR) is 106 cm³/mol. The summed E-state index contributed by atoms with van der Waals surface area (Å²) in [4.78, 5) is 2.53. The van der Waals surface area contributed by atoms with Gasteiger partial charge in [0.15, 0.2) is 0 Å². The highest BCUT2D eigenvalue weighted by Crippen LogP contribution is 2.48. The summed E-state index contributed by atoms with van der Waals surface area (Å²) >= 11 is 0. The van der Waals surface area contributed by atoms with E-state index in [-0.39, 0.29) is 5.60 Å². The summed E-state index contributed by atoms with van der Waals surface area (Å²) < 4.78 is 6.38. The van der Waals surface area contributed by atoms with Gasteiger partial charge in [0.1, 0.15) is 11.4 Å². The van der Waals surface area contributed by atoms with Crippen LogP contribution in [0.3, 0.4) is 0 Å². The Hall–Kier alpha value is -2.00.